The number of hydrogen-bond donors (Lipinski definition) is 0. The molecule has 1 saturated heterocycles. The smallest absolute Gasteiger partial charge is 0.159 e. The van der Waals surface area contributed by atoms with Crippen molar-refractivity contribution in [3.8, 4) is 17.1 Å². The van der Waals surface area contributed by atoms with E-state index < -0.39 is 0 Å². The van der Waals surface area contributed by atoms with Gasteiger partial charge < -0.3 is 9.64 Å². The van der Waals surface area contributed by atoms with E-state index in [9.17, 15) is 0 Å². The lowest BCUT2D eigenvalue weighted by Crippen LogP contribution is -2.37. The van der Waals surface area contributed by atoms with E-state index >= 15 is 0 Å². The number of anilines is 1. The lowest BCUT2D eigenvalue weighted by atomic mass is 10.1. The Morgan fingerprint density at radius 1 is 1.00 bits per heavy atom. The molecule has 0 spiro atoms. The van der Waals surface area contributed by atoms with Crippen molar-refractivity contribution in [1.82, 2.24) is 34.7 Å². The largest absolute Gasteiger partial charge is 0.378 e. The summed E-state index contributed by atoms with van der Waals surface area (Å²) in [5.41, 5.74) is 3.23. The van der Waals surface area contributed by atoms with Gasteiger partial charge in [0, 0.05) is 50.1 Å². The third kappa shape index (κ3) is 4.67. The van der Waals surface area contributed by atoms with Crippen molar-refractivity contribution in [3.63, 3.8) is 0 Å². The Kier molecular flexibility index (Phi) is 5.89. The fourth-order valence-electron chi connectivity index (χ4n) is 3.81. The number of ether oxygens (including phenoxy) is 1. The molecule has 1 aliphatic rings. The number of rotatable bonds is 7. The summed E-state index contributed by atoms with van der Waals surface area (Å²) >= 11 is 0. The Balaban J connectivity index is 1.42. The van der Waals surface area contributed by atoms with Crippen LogP contribution < -0.4 is 4.90 Å². The minimum Gasteiger partial charge on any atom is -0.378 e. The Morgan fingerprint density at radius 3 is 2.69 bits per heavy atom. The van der Waals surface area contributed by atoms with Crippen LogP contribution in [0.3, 0.4) is 0 Å². The summed E-state index contributed by atoms with van der Waals surface area (Å²) in [6, 6.07) is 12.4. The van der Waals surface area contributed by atoms with Gasteiger partial charge in [-0.3, -0.25) is 4.68 Å². The van der Waals surface area contributed by atoms with Gasteiger partial charge in [-0.1, -0.05) is 29.0 Å². The zero-order valence-electron chi connectivity index (χ0n) is 18.1. The van der Waals surface area contributed by atoms with E-state index in [1.165, 1.54) is 5.56 Å². The summed E-state index contributed by atoms with van der Waals surface area (Å²) in [7, 11) is 0. The topological polar surface area (TPSA) is 86.8 Å². The van der Waals surface area contributed by atoms with E-state index in [0.29, 0.717) is 13.2 Å². The highest BCUT2D eigenvalue weighted by Gasteiger charge is 2.16. The molecule has 0 aliphatic carbocycles. The maximum absolute atomic E-state index is 5.52. The zero-order valence-corrected chi connectivity index (χ0v) is 18.1. The molecular formula is C23H26N8O. The molecule has 1 aliphatic heterocycles. The Labute approximate surface area is 186 Å². The number of morpholine rings is 1. The second-order valence-electron chi connectivity index (χ2n) is 7.88. The highest BCUT2D eigenvalue weighted by Crippen LogP contribution is 2.21. The second-order valence-corrected chi connectivity index (χ2v) is 7.88. The SMILES string of the molecule is Cc1cccc(-c2ccn(-c3cc(N4CCOCC4)nc(CCCn4ccnn4)n3)n2)c1. The summed E-state index contributed by atoms with van der Waals surface area (Å²) in [5, 5.41) is 12.7. The normalized spacial score (nSPS) is 14.1. The van der Waals surface area contributed by atoms with Crippen LogP contribution in [-0.4, -0.2) is 61.0 Å². The van der Waals surface area contributed by atoms with Gasteiger partial charge in [0.05, 0.1) is 25.1 Å². The first-order valence-corrected chi connectivity index (χ1v) is 10.9. The zero-order chi connectivity index (χ0) is 21.8. The van der Waals surface area contributed by atoms with Crippen LogP contribution >= 0.6 is 0 Å². The number of hydrogen-bond acceptors (Lipinski definition) is 7. The van der Waals surface area contributed by atoms with Gasteiger partial charge in [-0.15, -0.1) is 5.10 Å². The van der Waals surface area contributed by atoms with Crippen LogP contribution in [0, 0.1) is 6.92 Å². The van der Waals surface area contributed by atoms with Crippen LogP contribution in [0.25, 0.3) is 17.1 Å². The van der Waals surface area contributed by atoms with E-state index in [2.05, 4.69) is 46.4 Å². The van der Waals surface area contributed by atoms with Gasteiger partial charge in [0.25, 0.3) is 0 Å². The van der Waals surface area contributed by atoms with E-state index in [1.54, 1.807) is 6.20 Å². The first-order valence-electron chi connectivity index (χ1n) is 10.9. The predicted molar refractivity (Wildman–Crippen MR) is 121 cm³/mol. The first-order chi connectivity index (χ1) is 15.7. The molecule has 0 radical (unpaired) electrons. The molecular weight excluding hydrogens is 404 g/mol. The van der Waals surface area contributed by atoms with E-state index in [0.717, 1.165) is 61.2 Å². The van der Waals surface area contributed by atoms with E-state index in [-0.39, 0.29) is 0 Å². The van der Waals surface area contributed by atoms with Crippen molar-refractivity contribution < 1.29 is 4.74 Å². The summed E-state index contributed by atoms with van der Waals surface area (Å²) in [6.45, 7) is 5.93. The van der Waals surface area contributed by atoms with Crippen molar-refractivity contribution in [1.29, 1.82) is 0 Å². The van der Waals surface area contributed by atoms with Gasteiger partial charge in [-0.25, -0.2) is 14.6 Å². The molecule has 9 nitrogen and oxygen atoms in total. The van der Waals surface area contributed by atoms with Gasteiger partial charge in [0.2, 0.25) is 0 Å². The highest BCUT2D eigenvalue weighted by atomic mass is 16.5. The predicted octanol–water partition coefficient (Wildman–Crippen LogP) is 2.70. The van der Waals surface area contributed by atoms with Crippen LogP contribution in [0.1, 0.15) is 17.8 Å². The van der Waals surface area contributed by atoms with Gasteiger partial charge in [-0.05, 0) is 25.5 Å². The molecule has 0 amide bonds. The van der Waals surface area contributed by atoms with Gasteiger partial charge in [0.15, 0.2) is 5.82 Å². The molecule has 1 aromatic carbocycles. The van der Waals surface area contributed by atoms with Crippen molar-refractivity contribution in [2.75, 3.05) is 31.2 Å². The van der Waals surface area contributed by atoms with Gasteiger partial charge in [-0.2, -0.15) is 5.10 Å². The third-order valence-electron chi connectivity index (χ3n) is 5.48. The first kappa shape index (κ1) is 20.3. The monoisotopic (exact) mass is 430 g/mol. The quantitative estimate of drug-likeness (QED) is 0.445. The van der Waals surface area contributed by atoms with Crippen molar-refractivity contribution >= 4 is 5.82 Å². The summed E-state index contributed by atoms with van der Waals surface area (Å²) < 4.78 is 9.18. The van der Waals surface area contributed by atoms with Gasteiger partial charge in [0.1, 0.15) is 11.6 Å². The van der Waals surface area contributed by atoms with E-state index in [4.69, 9.17) is 19.8 Å². The molecule has 0 unspecified atom stereocenters. The standard InChI is InChI=1S/C23H26N8O/c1-18-4-2-5-19(16-18)20-7-10-31(27-20)23-17-22(29-12-14-32-15-13-29)25-21(26-23)6-3-9-30-11-8-24-28-30/h2,4-5,7-8,10-11,16-17H,3,6,9,12-15H2,1H3. The summed E-state index contributed by atoms with van der Waals surface area (Å²) in [4.78, 5) is 11.9. The summed E-state index contributed by atoms with van der Waals surface area (Å²) in [6.07, 6.45) is 7.15. The molecule has 0 atom stereocenters. The number of aryl methyl sites for hydroxylation is 3. The third-order valence-corrected chi connectivity index (χ3v) is 5.48. The fraction of sp³-hybridized carbons (Fsp3) is 0.348. The Hall–Kier alpha value is -3.59. The average Bonchev–Trinajstić information content (AvgIpc) is 3.52. The number of benzene rings is 1. The Morgan fingerprint density at radius 2 is 1.88 bits per heavy atom. The van der Waals surface area contributed by atoms with Crippen LogP contribution in [0.4, 0.5) is 5.82 Å². The second kappa shape index (κ2) is 9.27. The van der Waals surface area contributed by atoms with Crippen molar-refractivity contribution in [3.05, 3.63) is 66.4 Å². The molecule has 9 heteroatoms. The van der Waals surface area contributed by atoms with Crippen LogP contribution in [-0.2, 0) is 17.7 Å². The lowest BCUT2D eigenvalue weighted by molar-refractivity contribution is 0.122. The minimum atomic E-state index is 0.709. The van der Waals surface area contributed by atoms with Crippen molar-refractivity contribution in [2.45, 2.75) is 26.3 Å². The maximum Gasteiger partial charge on any atom is 0.159 e. The Bertz CT molecular complexity index is 1160. The van der Waals surface area contributed by atoms with Crippen LogP contribution in [0.5, 0.6) is 0 Å². The molecule has 164 valence electrons. The highest BCUT2D eigenvalue weighted by molar-refractivity contribution is 5.60. The molecule has 0 bridgehead atoms. The van der Waals surface area contributed by atoms with Crippen LogP contribution in [0.15, 0.2) is 55.0 Å². The van der Waals surface area contributed by atoms with Crippen molar-refractivity contribution in [2.24, 2.45) is 0 Å². The molecule has 1 fully saturated rings. The maximum atomic E-state index is 5.52. The molecule has 0 N–H and O–H groups in total. The molecule has 3 aromatic heterocycles. The van der Waals surface area contributed by atoms with Gasteiger partial charge >= 0.3 is 0 Å². The number of nitrogens with zero attached hydrogens (tertiary/aromatic N) is 8. The fourth-order valence-corrected chi connectivity index (χ4v) is 3.81. The van der Waals surface area contributed by atoms with Crippen LogP contribution in [0.2, 0.25) is 0 Å². The summed E-state index contributed by atoms with van der Waals surface area (Å²) in [5.74, 6) is 2.49. The molecule has 0 saturated carbocycles. The molecule has 32 heavy (non-hydrogen) atoms. The lowest BCUT2D eigenvalue weighted by Gasteiger charge is -2.28. The van der Waals surface area contributed by atoms with E-state index in [1.807, 2.05) is 33.9 Å². The molecule has 5 rings (SSSR count). The molecule has 4 aromatic rings. The molecule has 4 heterocycles. The average molecular weight is 431 g/mol. The number of aromatic nitrogens is 7. The minimum absolute atomic E-state index is 0.709.